The summed E-state index contributed by atoms with van der Waals surface area (Å²) in [6.07, 6.45) is 3.08. The van der Waals surface area contributed by atoms with Crippen LogP contribution in [0.25, 0.3) is 6.08 Å². The van der Waals surface area contributed by atoms with Crippen LogP contribution in [0.15, 0.2) is 67.3 Å². The van der Waals surface area contributed by atoms with E-state index in [1.165, 1.54) is 23.3 Å². The Morgan fingerprint density at radius 3 is 2.58 bits per heavy atom. The van der Waals surface area contributed by atoms with E-state index in [1.807, 2.05) is 0 Å². The van der Waals surface area contributed by atoms with E-state index in [-0.39, 0.29) is 16.0 Å². The molecule has 0 spiro atoms. The van der Waals surface area contributed by atoms with Crippen molar-refractivity contribution in [1.29, 1.82) is 0 Å². The topological polar surface area (TPSA) is 80.0 Å². The Kier molecular flexibility index (Phi) is 4.59. The average Bonchev–Trinajstić information content (AvgIpc) is 3.17. The molecule has 0 saturated carbocycles. The lowest BCUT2D eigenvalue weighted by molar-refractivity contribution is -0.122. The van der Waals surface area contributed by atoms with Crippen molar-refractivity contribution in [2.75, 3.05) is 6.54 Å². The van der Waals surface area contributed by atoms with E-state index in [9.17, 15) is 13.2 Å². The van der Waals surface area contributed by atoms with Crippen LogP contribution in [-0.2, 0) is 14.8 Å². The highest BCUT2D eigenvalue weighted by Gasteiger charge is 2.34. The molecule has 1 aromatic heterocycles. The minimum absolute atomic E-state index is 0.0880. The Hall–Kier alpha value is -2.32. The SMILES string of the molecule is CCN1C(=O)/C(=C\c2ccco2)S/C1=N/S(=O)(=O)c1ccccc1. The first-order valence-corrected chi connectivity index (χ1v) is 9.42. The Bertz CT molecular complexity index is 901. The second kappa shape index (κ2) is 6.66. The van der Waals surface area contributed by atoms with Crippen LogP contribution in [0.4, 0.5) is 0 Å². The molecule has 8 heteroatoms. The summed E-state index contributed by atoms with van der Waals surface area (Å²) in [7, 11) is -3.87. The number of hydrogen-bond acceptors (Lipinski definition) is 5. The molecule has 1 aliphatic rings. The highest BCUT2D eigenvalue weighted by Crippen LogP contribution is 2.33. The number of nitrogens with zero attached hydrogens (tertiary/aromatic N) is 2. The first-order chi connectivity index (χ1) is 11.5. The van der Waals surface area contributed by atoms with Crippen LogP contribution in [0.2, 0.25) is 0 Å². The normalized spacial score (nSPS) is 18.7. The number of carbonyl (C=O) groups is 1. The molecular weight excluding hydrogens is 348 g/mol. The summed E-state index contributed by atoms with van der Waals surface area (Å²) in [6, 6.07) is 11.3. The van der Waals surface area contributed by atoms with Crippen molar-refractivity contribution in [3.05, 3.63) is 59.4 Å². The maximum absolute atomic E-state index is 12.4. The number of hydrogen-bond donors (Lipinski definition) is 0. The third kappa shape index (κ3) is 3.29. The molecule has 1 fully saturated rings. The number of thioether (sulfide) groups is 1. The first kappa shape index (κ1) is 16.5. The van der Waals surface area contributed by atoms with Crippen LogP contribution < -0.4 is 0 Å². The Labute approximate surface area is 143 Å². The molecule has 0 radical (unpaired) electrons. The highest BCUT2D eigenvalue weighted by molar-refractivity contribution is 8.19. The molecule has 0 aliphatic carbocycles. The molecule has 1 aromatic carbocycles. The van der Waals surface area contributed by atoms with Gasteiger partial charge in [0, 0.05) is 12.6 Å². The second-order valence-electron chi connectivity index (χ2n) is 4.84. The summed E-state index contributed by atoms with van der Waals surface area (Å²) in [5, 5.41) is 0.143. The Morgan fingerprint density at radius 1 is 1.21 bits per heavy atom. The molecule has 1 saturated heterocycles. The van der Waals surface area contributed by atoms with Crippen LogP contribution in [0, 0.1) is 0 Å². The van der Waals surface area contributed by atoms with E-state index >= 15 is 0 Å². The van der Waals surface area contributed by atoms with Crippen LogP contribution >= 0.6 is 11.8 Å². The van der Waals surface area contributed by atoms with Gasteiger partial charge in [0.2, 0.25) is 0 Å². The van der Waals surface area contributed by atoms with Crippen LogP contribution in [-0.4, -0.2) is 30.9 Å². The molecule has 0 unspecified atom stereocenters. The number of sulfonamides is 1. The smallest absolute Gasteiger partial charge is 0.284 e. The van der Waals surface area contributed by atoms with E-state index < -0.39 is 10.0 Å². The van der Waals surface area contributed by atoms with Crippen molar-refractivity contribution >= 4 is 38.9 Å². The van der Waals surface area contributed by atoms with Gasteiger partial charge in [-0.05, 0) is 43.0 Å². The van der Waals surface area contributed by atoms with Gasteiger partial charge in [0.25, 0.3) is 15.9 Å². The van der Waals surface area contributed by atoms with Crippen molar-refractivity contribution in [3.8, 4) is 0 Å². The quantitative estimate of drug-likeness (QED) is 0.781. The summed E-state index contributed by atoms with van der Waals surface area (Å²) >= 11 is 1.02. The number of benzene rings is 1. The zero-order valence-electron chi connectivity index (χ0n) is 12.7. The van der Waals surface area contributed by atoms with Crippen molar-refractivity contribution < 1.29 is 17.6 Å². The Balaban J connectivity index is 1.97. The maximum Gasteiger partial charge on any atom is 0.284 e. The van der Waals surface area contributed by atoms with Gasteiger partial charge in [-0.2, -0.15) is 8.42 Å². The molecule has 24 heavy (non-hydrogen) atoms. The van der Waals surface area contributed by atoms with E-state index in [0.717, 1.165) is 11.8 Å². The number of furan rings is 1. The fourth-order valence-corrected chi connectivity index (χ4v) is 4.35. The molecule has 1 aliphatic heterocycles. The van der Waals surface area contributed by atoms with Gasteiger partial charge in [0.05, 0.1) is 16.1 Å². The summed E-state index contributed by atoms with van der Waals surface area (Å²) in [6.45, 7) is 2.09. The summed E-state index contributed by atoms with van der Waals surface area (Å²) < 4.78 is 33.9. The minimum atomic E-state index is -3.87. The van der Waals surface area contributed by atoms with E-state index in [0.29, 0.717) is 17.2 Å². The molecule has 2 aromatic rings. The van der Waals surface area contributed by atoms with Gasteiger partial charge in [-0.25, -0.2) is 0 Å². The third-order valence-electron chi connectivity index (χ3n) is 3.26. The fourth-order valence-electron chi connectivity index (χ4n) is 2.11. The largest absolute Gasteiger partial charge is 0.465 e. The Morgan fingerprint density at radius 2 is 1.96 bits per heavy atom. The number of likely N-dealkylation sites (N-methyl/N-ethyl adjacent to an activating group) is 1. The predicted octanol–water partition coefficient (Wildman–Crippen LogP) is 2.96. The lowest BCUT2D eigenvalue weighted by Gasteiger charge is -2.11. The fraction of sp³-hybridized carbons (Fsp3) is 0.125. The average molecular weight is 362 g/mol. The number of rotatable bonds is 4. The number of amidine groups is 1. The van der Waals surface area contributed by atoms with Gasteiger partial charge in [-0.3, -0.25) is 9.69 Å². The zero-order valence-corrected chi connectivity index (χ0v) is 14.4. The van der Waals surface area contributed by atoms with Crippen molar-refractivity contribution in [3.63, 3.8) is 0 Å². The van der Waals surface area contributed by atoms with Crippen LogP contribution in [0.3, 0.4) is 0 Å². The van der Waals surface area contributed by atoms with E-state index in [1.54, 1.807) is 43.3 Å². The monoisotopic (exact) mass is 362 g/mol. The lowest BCUT2D eigenvalue weighted by Crippen LogP contribution is -2.29. The first-order valence-electron chi connectivity index (χ1n) is 7.16. The molecule has 0 N–H and O–H groups in total. The van der Waals surface area contributed by atoms with Crippen molar-refractivity contribution in [2.24, 2.45) is 4.40 Å². The zero-order chi connectivity index (χ0) is 17.2. The number of carbonyl (C=O) groups excluding carboxylic acids is 1. The van der Waals surface area contributed by atoms with E-state index in [2.05, 4.69) is 4.40 Å². The number of amides is 1. The highest BCUT2D eigenvalue weighted by atomic mass is 32.2. The molecule has 6 nitrogen and oxygen atoms in total. The summed E-state index contributed by atoms with van der Waals surface area (Å²) in [5.41, 5.74) is 0. The van der Waals surface area contributed by atoms with E-state index in [4.69, 9.17) is 4.42 Å². The van der Waals surface area contributed by atoms with Gasteiger partial charge in [-0.15, -0.1) is 4.40 Å². The second-order valence-corrected chi connectivity index (χ2v) is 7.45. The third-order valence-corrected chi connectivity index (χ3v) is 5.66. The van der Waals surface area contributed by atoms with Crippen LogP contribution in [0.5, 0.6) is 0 Å². The lowest BCUT2D eigenvalue weighted by atomic mass is 10.3. The van der Waals surface area contributed by atoms with Crippen molar-refractivity contribution in [2.45, 2.75) is 11.8 Å². The molecule has 0 atom stereocenters. The molecule has 124 valence electrons. The van der Waals surface area contributed by atoms with Gasteiger partial charge in [0.1, 0.15) is 5.76 Å². The molecule has 3 rings (SSSR count). The summed E-state index contributed by atoms with van der Waals surface area (Å²) in [5.74, 6) is 0.231. The molecule has 0 bridgehead atoms. The summed E-state index contributed by atoms with van der Waals surface area (Å²) in [4.78, 5) is 14.2. The van der Waals surface area contributed by atoms with Gasteiger partial charge >= 0.3 is 0 Å². The van der Waals surface area contributed by atoms with Gasteiger partial charge < -0.3 is 4.42 Å². The standard InChI is InChI=1S/C16H14N2O4S2/c1-2-18-15(19)14(11-12-7-6-10-22-12)23-16(18)17-24(20,21)13-8-4-3-5-9-13/h3-11H,2H2,1H3/b14-11+,17-16+. The predicted molar refractivity (Wildman–Crippen MR) is 92.7 cm³/mol. The van der Waals surface area contributed by atoms with Gasteiger partial charge in [0.15, 0.2) is 5.17 Å². The van der Waals surface area contributed by atoms with Crippen LogP contribution in [0.1, 0.15) is 12.7 Å². The minimum Gasteiger partial charge on any atom is -0.465 e. The van der Waals surface area contributed by atoms with Crippen molar-refractivity contribution in [1.82, 2.24) is 4.90 Å². The molecule has 2 heterocycles. The molecular formula is C16H14N2O4S2. The molecule has 1 amide bonds. The van der Waals surface area contributed by atoms with Gasteiger partial charge in [-0.1, -0.05) is 18.2 Å². The maximum atomic E-state index is 12.4.